The molecule has 2 aliphatic carbocycles. The predicted molar refractivity (Wildman–Crippen MR) is 94.0 cm³/mol. The van der Waals surface area contributed by atoms with Gasteiger partial charge in [-0.3, -0.25) is 9.59 Å². The Balaban J connectivity index is 1.91. The number of carbonyl (C=O) groups is 2. The van der Waals surface area contributed by atoms with Crippen LogP contribution in [0.1, 0.15) is 40.0 Å². The third kappa shape index (κ3) is 2.17. The molecule has 0 aliphatic heterocycles. The van der Waals surface area contributed by atoms with Crippen molar-refractivity contribution in [2.24, 2.45) is 22.4 Å². The lowest BCUT2D eigenvalue weighted by Crippen LogP contribution is -2.50. The first-order chi connectivity index (χ1) is 12.2. The second kappa shape index (κ2) is 5.96. The van der Waals surface area contributed by atoms with Crippen LogP contribution in [-0.4, -0.2) is 22.5 Å². The molecular formula is C21H19NO3. The smallest absolute Gasteiger partial charge is 0.182 e. The highest BCUT2D eigenvalue weighted by atomic mass is 16.4. The van der Waals surface area contributed by atoms with E-state index in [2.05, 4.69) is 5.16 Å². The summed E-state index contributed by atoms with van der Waals surface area (Å²) < 4.78 is 0. The van der Waals surface area contributed by atoms with Crippen LogP contribution in [0, 0.1) is 17.3 Å². The molecule has 2 atom stereocenters. The van der Waals surface area contributed by atoms with E-state index in [-0.39, 0.29) is 23.4 Å². The lowest BCUT2D eigenvalue weighted by atomic mass is 9.63. The fraction of sp³-hybridized carbons (Fsp3) is 0.286. The number of fused-ring (bicyclic) bond motifs is 2. The van der Waals surface area contributed by atoms with Crippen LogP contribution in [0.5, 0.6) is 0 Å². The minimum Gasteiger partial charge on any atom is -0.411 e. The SMILES string of the molecule is O=C(c1ccccc1)C1(C(=O)c2ccccc2)/C(=N\O)[C@H]2CC[C@@H]1C2. The molecule has 2 aromatic carbocycles. The molecule has 2 fully saturated rings. The third-order valence-electron chi connectivity index (χ3n) is 5.73. The summed E-state index contributed by atoms with van der Waals surface area (Å²) >= 11 is 0. The van der Waals surface area contributed by atoms with Gasteiger partial charge in [-0.25, -0.2) is 0 Å². The van der Waals surface area contributed by atoms with Gasteiger partial charge in [0, 0.05) is 17.0 Å². The Bertz CT molecular complexity index is 790. The fourth-order valence-corrected chi connectivity index (χ4v) is 4.66. The molecule has 25 heavy (non-hydrogen) atoms. The Kier molecular flexibility index (Phi) is 3.75. The third-order valence-corrected chi connectivity index (χ3v) is 5.73. The van der Waals surface area contributed by atoms with Gasteiger partial charge < -0.3 is 5.21 Å². The van der Waals surface area contributed by atoms with E-state index in [9.17, 15) is 14.8 Å². The van der Waals surface area contributed by atoms with Gasteiger partial charge in [0.05, 0.1) is 5.71 Å². The Morgan fingerprint density at radius 2 is 1.40 bits per heavy atom. The van der Waals surface area contributed by atoms with Gasteiger partial charge in [0.1, 0.15) is 5.41 Å². The monoisotopic (exact) mass is 333 g/mol. The number of hydrogen-bond donors (Lipinski definition) is 1. The van der Waals surface area contributed by atoms with Gasteiger partial charge in [0.25, 0.3) is 0 Å². The quantitative estimate of drug-likeness (QED) is 0.398. The zero-order valence-electron chi connectivity index (χ0n) is 13.8. The van der Waals surface area contributed by atoms with Gasteiger partial charge >= 0.3 is 0 Å². The Morgan fingerprint density at radius 3 is 1.88 bits per heavy atom. The molecular weight excluding hydrogens is 314 g/mol. The molecule has 1 N–H and O–H groups in total. The number of hydrogen-bond acceptors (Lipinski definition) is 4. The number of carbonyl (C=O) groups excluding carboxylic acids is 2. The molecule has 0 saturated heterocycles. The van der Waals surface area contributed by atoms with Crippen molar-refractivity contribution in [3.63, 3.8) is 0 Å². The number of ketones is 2. The Hall–Kier alpha value is -2.75. The molecule has 0 spiro atoms. The molecule has 2 aliphatic rings. The van der Waals surface area contributed by atoms with Crippen LogP contribution in [-0.2, 0) is 0 Å². The van der Waals surface area contributed by atoms with Crippen molar-refractivity contribution in [3.8, 4) is 0 Å². The van der Waals surface area contributed by atoms with E-state index in [1.54, 1.807) is 48.5 Å². The highest BCUT2D eigenvalue weighted by Crippen LogP contribution is 2.56. The molecule has 4 rings (SSSR count). The van der Waals surface area contributed by atoms with Crippen molar-refractivity contribution < 1.29 is 14.8 Å². The fourth-order valence-electron chi connectivity index (χ4n) is 4.66. The maximum absolute atomic E-state index is 13.5. The van der Waals surface area contributed by atoms with Gasteiger partial charge in [-0.15, -0.1) is 0 Å². The molecule has 0 heterocycles. The Labute approximate surface area is 146 Å². The van der Waals surface area contributed by atoms with E-state index in [0.29, 0.717) is 16.8 Å². The van der Waals surface area contributed by atoms with E-state index in [1.165, 1.54) is 0 Å². The summed E-state index contributed by atoms with van der Waals surface area (Å²) in [5.74, 6) is -0.594. The topological polar surface area (TPSA) is 66.7 Å². The predicted octanol–water partition coefficient (Wildman–Crippen LogP) is 4.00. The summed E-state index contributed by atoms with van der Waals surface area (Å²) in [5.41, 5.74) is -0.0483. The molecule has 0 aromatic heterocycles. The van der Waals surface area contributed by atoms with Crippen molar-refractivity contribution in [1.29, 1.82) is 0 Å². The average Bonchev–Trinajstić information content (AvgIpc) is 3.28. The zero-order chi connectivity index (χ0) is 17.4. The average molecular weight is 333 g/mol. The molecule has 0 unspecified atom stereocenters. The van der Waals surface area contributed by atoms with Crippen molar-refractivity contribution in [2.45, 2.75) is 19.3 Å². The van der Waals surface area contributed by atoms with Gasteiger partial charge in [0.2, 0.25) is 0 Å². The molecule has 0 amide bonds. The van der Waals surface area contributed by atoms with Gasteiger partial charge in [-0.2, -0.15) is 0 Å². The molecule has 2 bridgehead atoms. The van der Waals surface area contributed by atoms with Crippen LogP contribution in [0.4, 0.5) is 0 Å². The van der Waals surface area contributed by atoms with Crippen molar-refractivity contribution in [1.82, 2.24) is 0 Å². The summed E-state index contributed by atoms with van der Waals surface area (Å²) in [5, 5.41) is 13.2. The van der Waals surface area contributed by atoms with Crippen molar-refractivity contribution >= 4 is 17.3 Å². The molecule has 0 radical (unpaired) electrons. The standard InChI is InChI=1S/C21H19NO3/c23-19(14-7-3-1-4-8-14)21(20(24)15-9-5-2-6-10-15)17-12-11-16(13-17)18(21)22-25/h1-10,16-17,25H,11-13H2/b22-18-/t16-,17+/m0/s1. The number of benzene rings is 2. The number of oxime groups is 1. The van der Waals surface area contributed by atoms with E-state index >= 15 is 0 Å². The summed E-state index contributed by atoms with van der Waals surface area (Å²) in [4.78, 5) is 27.1. The molecule has 2 saturated carbocycles. The molecule has 126 valence electrons. The van der Waals surface area contributed by atoms with Gasteiger partial charge in [-0.05, 0) is 25.2 Å². The molecule has 4 nitrogen and oxygen atoms in total. The van der Waals surface area contributed by atoms with Crippen LogP contribution < -0.4 is 0 Å². The first kappa shape index (κ1) is 15.8. The van der Waals surface area contributed by atoms with E-state index in [4.69, 9.17) is 0 Å². The van der Waals surface area contributed by atoms with Crippen LogP contribution >= 0.6 is 0 Å². The maximum atomic E-state index is 13.5. The summed E-state index contributed by atoms with van der Waals surface area (Å²) in [6.45, 7) is 0. The summed E-state index contributed by atoms with van der Waals surface area (Å²) in [7, 11) is 0. The van der Waals surface area contributed by atoms with Crippen LogP contribution in [0.2, 0.25) is 0 Å². The van der Waals surface area contributed by atoms with Crippen molar-refractivity contribution in [2.75, 3.05) is 0 Å². The van der Waals surface area contributed by atoms with Crippen molar-refractivity contribution in [3.05, 3.63) is 71.8 Å². The van der Waals surface area contributed by atoms with Gasteiger partial charge in [0.15, 0.2) is 11.6 Å². The number of rotatable bonds is 4. The van der Waals surface area contributed by atoms with Crippen LogP contribution in [0.25, 0.3) is 0 Å². The van der Waals surface area contributed by atoms with Crippen LogP contribution in [0.15, 0.2) is 65.8 Å². The lowest BCUT2D eigenvalue weighted by Gasteiger charge is -2.35. The summed E-state index contributed by atoms with van der Waals surface area (Å²) in [6, 6.07) is 17.7. The van der Waals surface area contributed by atoms with Crippen LogP contribution in [0.3, 0.4) is 0 Å². The molecule has 2 aromatic rings. The maximum Gasteiger partial charge on any atom is 0.182 e. The zero-order valence-corrected chi connectivity index (χ0v) is 13.8. The largest absolute Gasteiger partial charge is 0.411 e. The second-order valence-corrected chi connectivity index (χ2v) is 6.89. The van der Waals surface area contributed by atoms with E-state index < -0.39 is 5.41 Å². The minimum atomic E-state index is -1.37. The normalized spacial score (nSPS) is 25.2. The van der Waals surface area contributed by atoms with Gasteiger partial charge in [-0.1, -0.05) is 65.8 Å². The lowest BCUT2D eigenvalue weighted by molar-refractivity contribution is 0.0678. The highest BCUT2D eigenvalue weighted by Gasteiger charge is 2.65. The first-order valence-corrected chi connectivity index (χ1v) is 8.61. The number of Topliss-reactive ketones (excluding diaryl/α,β-unsaturated/α-hetero) is 2. The second-order valence-electron chi connectivity index (χ2n) is 6.89. The highest BCUT2D eigenvalue weighted by molar-refractivity contribution is 6.35. The van der Waals surface area contributed by atoms with E-state index in [1.807, 2.05) is 12.1 Å². The Morgan fingerprint density at radius 1 is 0.880 bits per heavy atom. The minimum absolute atomic E-state index is 0.00956. The summed E-state index contributed by atoms with van der Waals surface area (Å²) in [6.07, 6.45) is 2.41. The first-order valence-electron chi connectivity index (χ1n) is 8.61. The molecule has 4 heteroatoms. The number of nitrogens with zero attached hydrogens (tertiary/aromatic N) is 1. The van der Waals surface area contributed by atoms with E-state index in [0.717, 1.165) is 19.3 Å².